The van der Waals surface area contributed by atoms with Gasteiger partial charge in [-0.3, -0.25) is 10.2 Å². The van der Waals surface area contributed by atoms with Gasteiger partial charge in [0, 0.05) is 17.2 Å². The molecule has 0 saturated heterocycles. The summed E-state index contributed by atoms with van der Waals surface area (Å²) >= 11 is 6.05. The zero-order valence-electron chi connectivity index (χ0n) is 15.9. The molecule has 0 fully saturated rings. The van der Waals surface area contributed by atoms with Gasteiger partial charge in [0.15, 0.2) is 0 Å². The number of nitrogens with two attached hydrogens (primary N) is 1. The molecule has 3 amide bonds. The van der Waals surface area contributed by atoms with Gasteiger partial charge in [0.25, 0.3) is 0 Å². The van der Waals surface area contributed by atoms with E-state index in [0.29, 0.717) is 38.9 Å². The van der Waals surface area contributed by atoms with E-state index in [0.717, 1.165) is 0 Å². The maximum Gasteiger partial charge on any atom is 0.411 e. The van der Waals surface area contributed by atoms with Crippen molar-refractivity contribution in [2.75, 3.05) is 10.2 Å². The summed E-state index contributed by atoms with van der Waals surface area (Å²) < 4.78 is 5.92. The van der Waals surface area contributed by atoms with Crippen LogP contribution in [0.4, 0.5) is 26.9 Å². The summed E-state index contributed by atoms with van der Waals surface area (Å²) in [6.07, 6.45) is -1.22. The van der Waals surface area contributed by atoms with Crippen molar-refractivity contribution in [3.63, 3.8) is 0 Å². The number of ether oxygens (including phenoxy) is 1. The second-order valence-electron chi connectivity index (χ2n) is 6.45. The molecule has 4 aromatic rings. The summed E-state index contributed by atoms with van der Waals surface area (Å²) in [5.74, 6) is 1.07. The molecule has 4 rings (SSSR count). The Morgan fingerprint density at radius 1 is 1.03 bits per heavy atom. The Balaban J connectivity index is 1.62. The van der Waals surface area contributed by atoms with Gasteiger partial charge in [0.05, 0.1) is 22.4 Å². The number of hydrogen-bond donors (Lipinski definition) is 4. The van der Waals surface area contributed by atoms with E-state index in [2.05, 4.69) is 15.3 Å². The van der Waals surface area contributed by atoms with Gasteiger partial charge in [-0.15, -0.1) is 0 Å². The first-order chi connectivity index (χ1) is 14.9. The third-order valence-electron chi connectivity index (χ3n) is 4.28. The predicted molar refractivity (Wildman–Crippen MR) is 117 cm³/mol. The first-order valence-corrected chi connectivity index (χ1v) is 9.39. The van der Waals surface area contributed by atoms with E-state index in [-0.39, 0.29) is 5.95 Å². The van der Waals surface area contributed by atoms with E-state index >= 15 is 0 Å². The third kappa shape index (κ3) is 4.51. The molecule has 0 aliphatic heterocycles. The highest BCUT2D eigenvalue weighted by molar-refractivity contribution is 6.31. The average molecular weight is 438 g/mol. The summed E-state index contributed by atoms with van der Waals surface area (Å²) in [5.41, 5.74) is 7.79. The Kier molecular flexibility index (Phi) is 5.33. The van der Waals surface area contributed by atoms with E-state index < -0.39 is 12.1 Å². The highest BCUT2D eigenvalue weighted by atomic mass is 35.5. The largest absolute Gasteiger partial charge is 0.465 e. The lowest BCUT2D eigenvalue weighted by Gasteiger charge is -2.21. The van der Waals surface area contributed by atoms with Crippen molar-refractivity contribution >= 4 is 52.1 Å². The molecule has 9 nitrogen and oxygen atoms in total. The van der Waals surface area contributed by atoms with Crippen LogP contribution >= 0.6 is 11.6 Å². The number of carbonyl (C=O) groups is 2. The number of amides is 3. The molecular weight excluding hydrogens is 422 g/mol. The number of nitrogens with one attached hydrogen (secondary N) is 2. The highest BCUT2D eigenvalue weighted by Gasteiger charge is 2.16. The van der Waals surface area contributed by atoms with Crippen LogP contribution in [0.2, 0.25) is 5.02 Å². The summed E-state index contributed by atoms with van der Waals surface area (Å²) in [6.45, 7) is 0. The fourth-order valence-electron chi connectivity index (χ4n) is 3.05. The number of aromatic amines is 1. The van der Waals surface area contributed by atoms with Crippen molar-refractivity contribution in [2.24, 2.45) is 5.73 Å². The molecule has 10 heteroatoms. The summed E-state index contributed by atoms with van der Waals surface area (Å²) in [4.78, 5) is 31.2. The van der Waals surface area contributed by atoms with E-state index in [1.54, 1.807) is 66.7 Å². The van der Waals surface area contributed by atoms with Gasteiger partial charge in [-0.2, -0.15) is 0 Å². The molecule has 1 heterocycles. The van der Waals surface area contributed by atoms with E-state index in [4.69, 9.17) is 27.2 Å². The molecule has 3 aromatic carbocycles. The van der Waals surface area contributed by atoms with Crippen LogP contribution in [0.5, 0.6) is 11.5 Å². The van der Waals surface area contributed by atoms with Crippen molar-refractivity contribution < 1.29 is 19.4 Å². The lowest BCUT2D eigenvalue weighted by atomic mass is 10.2. The standard InChI is InChI=1S/C21H16ClN5O4/c22-12-3-1-4-13(9-12)27(19(23)28)14-5-2-6-15(10-14)31-16-7-8-17-18(11-16)25-20(24-17)26-21(29)30/h1-11H,(H2,23,28)(H,29,30)(H2,24,25,26). The van der Waals surface area contributed by atoms with Crippen molar-refractivity contribution in [1.29, 1.82) is 0 Å². The normalized spacial score (nSPS) is 10.6. The molecule has 5 N–H and O–H groups in total. The van der Waals surface area contributed by atoms with Crippen molar-refractivity contribution in [3.8, 4) is 11.5 Å². The minimum atomic E-state index is -1.22. The smallest absolute Gasteiger partial charge is 0.411 e. The van der Waals surface area contributed by atoms with Gasteiger partial charge in [-0.1, -0.05) is 23.7 Å². The second kappa shape index (κ2) is 8.25. The molecule has 0 spiro atoms. The SMILES string of the molecule is NC(=O)N(c1cccc(Cl)c1)c1cccc(Oc2ccc3nc(NC(=O)O)[nH]c3c2)c1. The number of aromatic nitrogens is 2. The number of hydrogen-bond acceptors (Lipinski definition) is 4. The lowest BCUT2D eigenvalue weighted by molar-refractivity contribution is 0.209. The maximum atomic E-state index is 12.1. The Morgan fingerprint density at radius 3 is 2.45 bits per heavy atom. The highest BCUT2D eigenvalue weighted by Crippen LogP contribution is 2.32. The minimum absolute atomic E-state index is 0.111. The van der Waals surface area contributed by atoms with Crippen molar-refractivity contribution in [3.05, 3.63) is 71.8 Å². The Morgan fingerprint density at radius 2 is 1.74 bits per heavy atom. The predicted octanol–water partition coefficient (Wildman–Crippen LogP) is 5.32. The van der Waals surface area contributed by atoms with Gasteiger partial charge in [0.1, 0.15) is 11.5 Å². The lowest BCUT2D eigenvalue weighted by Crippen LogP contribution is -2.31. The monoisotopic (exact) mass is 437 g/mol. The minimum Gasteiger partial charge on any atom is -0.465 e. The van der Waals surface area contributed by atoms with E-state index in [1.807, 2.05) is 0 Å². The number of urea groups is 1. The van der Waals surface area contributed by atoms with Gasteiger partial charge in [0.2, 0.25) is 5.95 Å². The number of primary amides is 1. The number of rotatable bonds is 5. The average Bonchev–Trinajstić information content (AvgIpc) is 3.09. The molecule has 156 valence electrons. The van der Waals surface area contributed by atoms with Crippen LogP contribution < -0.4 is 20.7 Å². The summed E-state index contributed by atoms with van der Waals surface area (Å²) in [7, 11) is 0. The third-order valence-corrected chi connectivity index (χ3v) is 4.51. The molecule has 0 atom stereocenters. The molecule has 0 saturated carbocycles. The molecular formula is C21H16ClN5O4. The Bertz CT molecular complexity index is 1290. The van der Waals surface area contributed by atoms with Crippen LogP contribution in [0.15, 0.2) is 66.7 Å². The van der Waals surface area contributed by atoms with Gasteiger partial charge >= 0.3 is 12.1 Å². The number of benzene rings is 3. The molecule has 1 aromatic heterocycles. The van der Waals surface area contributed by atoms with Crippen LogP contribution in [-0.2, 0) is 0 Å². The molecule has 0 radical (unpaired) electrons. The number of carboxylic acid groups (broad SMARTS) is 1. The van der Waals surface area contributed by atoms with Crippen LogP contribution in [-0.4, -0.2) is 27.2 Å². The topological polar surface area (TPSA) is 134 Å². The molecule has 31 heavy (non-hydrogen) atoms. The quantitative estimate of drug-likeness (QED) is 0.335. The van der Waals surface area contributed by atoms with Gasteiger partial charge in [-0.25, -0.2) is 14.6 Å². The zero-order chi connectivity index (χ0) is 22.0. The molecule has 0 aliphatic carbocycles. The van der Waals surface area contributed by atoms with Crippen LogP contribution in [0.25, 0.3) is 11.0 Å². The van der Waals surface area contributed by atoms with Crippen LogP contribution in [0.3, 0.4) is 0 Å². The Hall–Kier alpha value is -4.24. The molecule has 0 bridgehead atoms. The number of nitrogens with zero attached hydrogens (tertiary/aromatic N) is 2. The number of anilines is 3. The fourth-order valence-corrected chi connectivity index (χ4v) is 3.24. The fraction of sp³-hybridized carbons (Fsp3) is 0. The van der Waals surface area contributed by atoms with Crippen LogP contribution in [0.1, 0.15) is 0 Å². The maximum absolute atomic E-state index is 12.1. The van der Waals surface area contributed by atoms with Gasteiger partial charge in [-0.05, 0) is 42.5 Å². The number of carbonyl (C=O) groups excluding carboxylic acids is 1. The zero-order valence-corrected chi connectivity index (χ0v) is 16.6. The molecule has 0 aliphatic rings. The first-order valence-electron chi connectivity index (χ1n) is 9.02. The molecule has 0 unspecified atom stereocenters. The van der Waals surface area contributed by atoms with Crippen LogP contribution in [0, 0.1) is 0 Å². The first kappa shape index (κ1) is 20.0. The number of H-pyrrole nitrogens is 1. The summed E-state index contributed by atoms with van der Waals surface area (Å²) in [5, 5.41) is 11.4. The van der Waals surface area contributed by atoms with E-state index in [1.165, 1.54) is 4.90 Å². The van der Waals surface area contributed by atoms with Gasteiger partial charge < -0.3 is 20.6 Å². The number of fused-ring (bicyclic) bond motifs is 1. The second-order valence-corrected chi connectivity index (χ2v) is 6.88. The van der Waals surface area contributed by atoms with Crippen molar-refractivity contribution in [1.82, 2.24) is 9.97 Å². The number of halogens is 1. The Labute approximate surface area is 181 Å². The van der Waals surface area contributed by atoms with Crippen molar-refractivity contribution in [2.45, 2.75) is 0 Å². The number of imidazole rings is 1. The van der Waals surface area contributed by atoms with E-state index in [9.17, 15) is 9.59 Å². The summed E-state index contributed by atoms with van der Waals surface area (Å²) in [6, 6.07) is 18.0.